The van der Waals surface area contributed by atoms with Crippen molar-refractivity contribution in [3.05, 3.63) is 65.5 Å². The molecule has 0 radical (unpaired) electrons. The largest absolute Gasteiger partial charge is 0.354 e. The first-order chi connectivity index (χ1) is 12.8. The summed E-state index contributed by atoms with van der Waals surface area (Å²) in [6, 6.07) is 12.7. The van der Waals surface area contributed by atoms with Crippen molar-refractivity contribution >= 4 is 16.0 Å². The first-order valence-electron chi connectivity index (χ1n) is 8.60. The highest BCUT2D eigenvalue weighted by Gasteiger charge is 2.14. The molecule has 0 aromatic heterocycles. The molecule has 0 heterocycles. The van der Waals surface area contributed by atoms with Crippen LogP contribution in [-0.4, -0.2) is 27.5 Å². The van der Waals surface area contributed by atoms with Crippen molar-refractivity contribution in [2.75, 3.05) is 7.05 Å². The summed E-state index contributed by atoms with van der Waals surface area (Å²) in [5.74, 6) is 0.241. The minimum absolute atomic E-state index is 0.0213. The number of sulfonamides is 1. The summed E-state index contributed by atoms with van der Waals surface area (Å²) in [7, 11) is -2.03. The zero-order chi connectivity index (χ0) is 19.9. The monoisotopic (exact) mass is 392 g/mol. The maximum atomic E-state index is 13.2. The van der Waals surface area contributed by atoms with E-state index in [1.165, 1.54) is 18.2 Å². The molecule has 0 aliphatic rings. The maximum Gasteiger partial charge on any atom is 0.240 e. The molecule has 0 spiro atoms. The number of guanidine groups is 1. The van der Waals surface area contributed by atoms with Gasteiger partial charge in [-0.3, -0.25) is 4.99 Å². The Kier molecular flexibility index (Phi) is 7.32. The lowest BCUT2D eigenvalue weighted by Gasteiger charge is -2.15. The predicted molar refractivity (Wildman–Crippen MR) is 105 cm³/mol. The van der Waals surface area contributed by atoms with Crippen molar-refractivity contribution in [2.24, 2.45) is 4.99 Å². The van der Waals surface area contributed by atoms with E-state index in [1.54, 1.807) is 31.3 Å². The van der Waals surface area contributed by atoms with Crippen LogP contribution in [0.5, 0.6) is 0 Å². The number of rotatable bonds is 7. The van der Waals surface area contributed by atoms with Gasteiger partial charge < -0.3 is 10.6 Å². The van der Waals surface area contributed by atoms with Gasteiger partial charge >= 0.3 is 0 Å². The molecule has 0 aliphatic heterocycles. The Morgan fingerprint density at radius 2 is 1.74 bits per heavy atom. The van der Waals surface area contributed by atoms with Crippen molar-refractivity contribution in [2.45, 2.75) is 37.9 Å². The Hall–Kier alpha value is -2.45. The normalized spacial score (nSPS) is 12.3. The molecule has 0 fully saturated rings. The fourth-order valence-electron chi connectivity index (χ4n) is 2.39. The van der Waals surface area contributed by atoms with Gasteiger partial charge in [-0.05, 0) is 49.2 Å². The predicted octanol–water partition coefficient (Wildman–Crippen LogP) is 2.38. The Morgan fingerprint density at radius 3 is 2.37 bits per heavy atom. The maximum absolute atomic E-state index is 13.2. The van der Waals surface area contributed by atoms with E-state index in [-0.39, 0.29) is 17.5 Å². The standard InChI is InChI=1S/C19H25FN4O2S/c1-14(2)24-19(21-3)22-12-16-7-5-9-18(11-16)27(25,26)23-13-15-6-4-8-17(20)10-15/h4-11,14,23H,12-13H2,1-3H3,(H2,21,22,24). The second-order valence-electron chi connectivity index (χ2n) is 6.33. The Morgan fingerprint density at radius 1 is 1.07 bits per heavy atom. The van der Waals surface area contributed by atoms with E-state index in [1.807, 2.05) is 19.9 Å². The fraction of sp³-hybridized carbons (Fsp3) is 0.316. The van der Waals surface area contributed by atoms with E-state index in [0.717, 1.165) is 5.56 Å². The van der Waals surface area contributed by atoms with Crippen molar-refractivity contribution in [1.82, 2.24) is 15.4 Å². The summed E-state index contributed by atoms with van der Waals surface area (Å²) in [6.45, 7) is 4.46. The molecular weight excluding hydrogens is 367 g/mol. The second-order valence-corrected chi connectivity index (χ2v) is 8.09. The third-order valence-corrected chi connectivity index (χ3v) is 5.07. The molecule has 2 rings (SSSR count). The summed E-state index contributed by atoms with van der Waals surface area (Å²) in [5.41, 5.74) is 1.36. The molecule has 2 aromatic carbocycles. The number of nitrogens with zero attached hydrogens (tertiary/aromatic N) is 1. The summed E-state index contributed by atoms with van der Waals surface area (Å²) < 4.78 is 40.8. The van der Waals surface area contributed by atoms with E-state index in [2.05, 4.69) is 20.3 Å². The van der Waals surface area contributed by atoms with E-state index >= 15 is 0 Å². The van der Waals surface area contributed by atoms with Gasteiger partial charge in [0.05, 0.1) is 4.90 Å². The van der Waals surface area contributed by atoms with Gasteiger partial charge in [0, 0.05) is 26.2 Å². The molecule has 8 heteroatoms. The highest BCUT2D eigenvalue weighted by Crippen LogP contribution is 2.13. The molecule has 27 heavy (non-hydrogen) atoms. The lowest BCUT2D eigenvalue weighted by atomic mass is 10.2. The molecule has 146 valence electrons. The third-order valence-electron chi connectivity index (χ3n) is 3.67. The number of hydrogen-bond acceptors (Lipinski definition) is 3. The van der Waals surface area contributed by atoms with E-state index < -0.39 is 15.8 Å². The van der Waals surface area contributed by atoms with Crippen LogP contribution in [0.1, 0.15) is 25.0 Å². The first kappa shape index (κ1) is 20.9. The van der Waals surface area contributed by atoms with Gasteiger partial charge in [-0.2, -0.15) is 0 Å². The molecule has 0 unspecified atom stereocenters. The van der Waals surface area contributed by atoms with E-state index in [9.17, 15) is 12.8 Å². The topological polar surface area (TPSA) is 82.6 Å². The van der Waals surface area contributed by atoms with Crippen LogP contribution >= 0.6 is 0 Å². The number of nitrogens with one attached hydrogen (secondary N) is 3. The minimum atomic E-state index is -3.70. The van der Waals surface area contributed by atoms with Gasteiger partial charge in [-0.1, -0.05) is 24.3 Å². The van der Waals surface area contributed by atoms with Crippen LogP contribution in [0.15, 0.2) is 58.4 Å². The number of aliphatic imine (C=N–C) groups is 1. The van der Waals surface area contributed by atoms with Crippen LogP contribution in [0.3, 0.4) is 0 Å². The van der Waals surface area contributed by atoms with Crippen LogP contribution in [0, 0.1) is 5.82 Å². The van der Waals surface area contributed by atoms with Gasteiger partial charge in [0.25, 0.3) is 0 Å². The average Bonchev–Trinajstić information content (AvgIpc) is 2.63. The van der Waals surface area contributed by atoms with E-state index in [4.69, 9.17) is 0 Å². The van der Waals surface area contributed by atoms with Gasteiger partial charge in [0.2, 0.25) is 10.0 Å². The third kappa shape index (κ3) is 6.65. The smallest absolute Gasteiger partial charge is 0.240 e. The molecular formula is C19H25FN4O2S. The summed E-state index contributed by atoms with van der Waals surface area (Å²) in [6.07, 6.45) is 0. The highest BCUT2D eigenvalue weighted by molar-refractivity contribution is 7.89. The van der Waals surface area contributed by atoms with Gasteiger partial charge in [-0.15, -0.1) is 0 Å². The number of benzene rings is 2. The Bertz CT molecular complexity index is 898. The van der Waals surface area contributed by atoms with Crippen molar-refractivity contribution < 1.29 is 12.8 Å². The SMILES string of the molecule is CN=C(NCc1cccc(S(=O)(=O)NCc2cccc(F)c2)c1)NC(C)C. The molecule has 6 nitrogen and oxygen atoms in total. The van der Waals surface area contributed by atoms with Crippen LogP contribution in [0.4, 0.5) is 4.39 Å². The lowest BCUT2D eigenvalue weighted by molar-refractivity contribution is 0.580. The lowest BCUT2D eigenvalue weighted by Crippen LogP contribution is -2.40. The molecule has 0 bridgehead atoms. The van der Waals surface area contributed by atoms with Crippen LogP contribution in [-0.2, 0) is 23.1 Å². The molecule has 0 amide bonds. The van der Waals surface area contributed by atoms with Crippen LogP contribution in [0.25, 0.3) is 0 Å². The van der Waals surface area contributed by atoms with Crippen LogP contribution < -0.4 is 15.4 Å². The van der Waals surface area contributed by atoms with Crippen molar-refractivity contribution in [3.63, 3.8) is 0 Å². The zero-order valence-corrected chi connectivity index (χ0v) is 16.5. The highest BCUT2D eigenvalue weighted by atomic mass is 32.2. The van der Waals surface area contributed by atoms with Gasteiger partial charge in [0.15, 0.2) is 5.96 Å². The summed E-state index contributed by atoms with van der Waals surface area (Å²) >= 11 is 0. The molecule has 2 aromatic rings. The van der Waals surface area contributed by atoms with Gasteiger partial charge in [0.1, 0.15) is 5.82 Å². The summed E-state index contributed by atoms with van der Waals surface area (Å²) in [5, 5.41) is 6.31. The van der Waals surface area contributed by atoms with E-state index in [0.29, 0.717) is 18.1 Å². The molecule has 0 saturated heterocycles. The second kappa shape index (κ2) is 9.48. The zero-order valence-electron chi connectivity index (χ0n) is 15.7. The number of hydrogen-bond donors (Lipinski definition) is 3. The molecule has 3 N–H and O–H groups in total. The van der Waals surface area contributed by atoms with Crippen LogP contribution in [0.2, 0.25) is 0 Å². The summed E-state index contributed by atoms with van der Waals surface area (Å²) in [4.78, 5) is 4.28. The Labute approximate surface area is 160 Å². The van der Waals surface area contributed by atoms with Gasteiger partial charge in [-0.25, -0.2) is 17.5 Å². The molecule has 0 atom stereocenters. The Balaban J connectivity index is 2.04. The average molecular weight is 393 g/mol. The van der Waals surface area contributed by atoms with Crippen molar-refractivity contribution in [1.29, 1.82) is 0 Å². The molecule has 0 saturated carbocycles. The molecule has 0 aliphatic carbocycles. The fourth-order valence-corrected chi connectivity index (χ4v) is 3.47. The minimum Gasteiger partial charge on any atom is -0.354 e. The van der Waals surface area contributed by atoms with Crippen molar-refractivity contribution in [3.8, 4) is 0 Å². The quantitative estimate of drug-likeness (QED) is 0.499. The first-order valence-corrected chi connectivity index (χ1v) is 10.1. The number of halogens is 1.